The van der Waals surface area contributed by atoms with Crippen LogP contribution in [0.1, 0.15) is 43.2 Å². The van der Waals surface area contributed by atoms with Crippen LogP contribution in [0, 0.1) is 24.6 Å². The lowest BCUT2D eigenvalue weighted by atomic mass is 9.79. The predicted molar refractivity (Wildman–Crippen MR) is 124 cm³/mol. The summed E-state index contributed by atoms with van der Waals surface area (Å²) in [4.78, 5) is 15.2. The van der Waals surface area contributed by atoms with E-state index in [9.17, 15) is 9.18 Å². The molecule has 1 aliphatic carbocycles. The Morgan fingerprint density at radius 3 is 2.50 bits per heavy atom. The molecule has 3 aliphatic heterocycles. The molecule has 4 aliphatic rings. The summed E-state index contributed by atoms with van der Waals surface area (Å²) in [5.74, 6) is 1.07. The van der Waals surface area contributed by atoms with Crippen LogP contribution >= 0.6 is 0 Å². The Hall–Kier alpha value is -2.40. The van der Waals surface area contributed by atoms with E-state index in [4.69, 9.17) is 4.74 Å². The minimum atomic E-state index is -0.291. The van der Waals surface area contributed by atoms with Crippen LogP contribution < -0.4 is 4.90 Å². The van der Waals surface area contributed by atoms with Gasteiger partial charge in [-0.3, -0.25) is 4.90 Å². The molecule has 5 heteroatoms. The molecule has 4 fully saturated rings. The number of rotatable bonds is 6. The van der Waals surface area contributed by atoms with Gasteiger partial charge in [-0.2, -0.15) is 0 Å². The fraction of sp³-hybridized carbons (Fsp3) is 0.519. The summed E-state index contributed by atoms with van der Waals surface area (Å²) in [5.41, 5.74) is 2.79. The van der Waals surface area contributed by atoms with Crippen LogP contribution in [0.4, 0.5) is 14.9 Å². The van der Waals surface area contributed by atoms with Gasteiger partial charge < -0.3 is 9.22 Å². The zero-order chi connectivity index (χ0) is 22.1. The van der Waals surface area contributed by atoms with Crippen molar-refractivity contribution in [1.82, 2.24) is 0 Å². The highest BCUT2D eigenvalue weighted by Crippen LogP contribution is 2.39. The first kappa shape index (κ1) is 21.4. The third-order valence-electron chi connectivity index (χ3n) is 7.95. The van der Waals surface area contributed by atoms with Gasteiger partial charge in [-0.15, -0.1) is 0 Å². The molecule has 3 saturated heterocycles. The van der Waals surface area contributed by atoms with Crippen LogP contribution in [0.2, 0.25) is 0 Å². The van der Waals surface area contributed by atoms with Crippen molar-refractivity contribution in [3.63, 3.8) is 0 Å². The van der Waals surface area contributed by atoms with Crippen molar-refractivity contribution in [3.8, 4) is 0 Å². The number of ether oxygens (including phenoxy) is 1. The van der Waals surface area contributed by atoms with Crippen molar-refractivity contribution in [1.29, 1.82) is 0 Å². The van der Waals surface area contributed by atoms with Gasteiger partial charge in [0, 0.05) is 30.4 Å². The lowest BCUT2D eigenvalue weighted by molar-refractivity contribution is -0.949. The SMILES string of the molecule is Cc1cccc(N(Cc2ccc(F)cc2)C(=O)O[C@H]2C[N+]3(CC4CCC4)CCC2CC3)c1. The number of halogens is 1. The minimum absolute atomic E-state index is 0.00870. The third kappa shape index (κ3) is 4.54. The second-order valence-corrected chi connectivity index (χ2v) is 10.3. The molecule has 1 amide bonds. The third-order valence-corrected chi connectivity index (χ3v) is 7.95. The van der Waals surface area contributed by atoms with Crippen LogP contribution in [0.5, 0.6) is 0 Å². The highest BCUT2D eigenvalue weighted by atomic mass is 19.1. The molecule has 0 unspecified atom stereocenters. The van der Waals surface area contributed by atoms with Crippen LogP contribution in [-0.2, 0) is 11.3 Å². The number of hydrogen-bond acceptors (Lipinski definition) is 2. The highest BCUT2D eigenvalue weighted by molar-refractivity contribution is 5.87. The summed E-state index contributed by atoms with van der Waals surface area (Å²) >= 11 is 0. The summed E-state index contributed by atoms with van der Waals surface area (Å²) < 4.78 is 20.8. The van der Waals surface area contributed by atoms with E-state index >= 15 is 0 Å². The smallest absolute Gasteiger partial charge is 0.415 e. The van der Waals surface area contributed by atoms with Crippen LogP contribution in [0.25, 0.3) is 0 Å². The van der Waals surface area contributed by atoms with Crippen LogP contribution in [0.3, 0.4) is 0 Å². The second-order valence-electron chi connectivity index (χ2n) is 10.3. The largest absolute Gasteiger partial charge is 0.440 e. The van der Waals surface area contributed by atoms with Gasteiger partial charge in [0.2, 0.25) is 0 Å². The lowest BCUT2D eigenvalue weighted by Crippen LogP contribution is -2.66. The second kappa shape index (κ2) is 8.86. The van der Waals surface area contributed by atoms with Gasteiger partial charge in [-0.1, -0.05) is 30.7 Å². The standard InChI is InChI=1S/C27H34FN2O2/c1-20-4-2-7-25(16-20)29(17-21-8-10-24(28)11-9-21)27(31)32-26-19-30(18-22-5-3-6-22)14-12-23(26)13-15-30/h2,4,7-11,16,22-23,26H,3,5-6,12-15,17-19H2,1H3/q+1/t23?,26-,30?/m0/s1. The molecule has 0 N–H and O–H groups in total. The van der Waals surface area contributed by atoms with Crippen molar-refractivity contribution < 1.29 is 18.4 Å². The number of anilines is 1. The van der Waals surface area contributed by atoms with E-state index < -0.39 is 0 Å². The van der Waals surface area contributed by atoms with Gasteiger partial charge in [0.1, 0.15) is 12.4 Å². The Balaban J connectivity index is 1.33. The molecule has 0 aromatic heterocycles. The average molecular weight is 438 g/mol. The fourth-order valence-electron chi connectivity index (χ4n) is 5.86. The van der Waals surface area contributed by atoms with E-state index in [0.29, 0.717) is 12.5 Å². The summed E-state index contributed by atoms with van der Waals surface area (Å²) in [6.45, 7) is 7.09. The highest BCUT2D eigenvalue weighted by Gasteiger charge is 2.49. The number of aryl methyl sites for hydroxylation is 1. The molecule has 1 saturated carbocycles. The Bertz CT molecular complexity index is 948. The molecule has 2 aromatic carbocycles. The van der Waals surface area contributed by atoms with E-state index in [1.165, 1.54) is 51.0 Å². The van der Waals surface area contributed by atoms with Crippen LogP contribution in [0.15, 0.2) is 48.5 Å². The first-order valence-corrected chi connectivity index (χ1v) is 12.1. The molecular formula is C27H34FN2O2+. The number of amides is 1. The fourth-order valence-corrected chi connectivity index (χ4v) is 5.86. The Labute approximate surface area is 190 Å². The van der Waals surface area contributed by atoms with E-state index in [1.807, 2.05) is 31.2 Å². The number of benzene rings is 2. The van der Waals surface area contributed by atoms with Gasteiger partial charge in [-0.25, -0.2) is 9.18 Å². The number of carbonyl (C=O) groups is 1. The van der Waals surface area contributed by atoms with Gasteiger partial charge >= 0.3 is 6.09 Å². The molecule has 3 heterocycles. The molecule has 0 radical (unpaired) electrons. The first-order chi connectivity index (χ1) is 15.5. The maximum atomic E-state index is 13.5. The van der Waals surface area contributed by atoms with E-state index in [2.05, 4.69) is 0 Å². The Morgan fingerprint density at radius 2 is 1.84 bits per heavy atom. The minimum Gasteiger partial charge on any atom is -0.440 e. The molecule has 170 valence electrons. The van der Waals surface area contributed by atoms with Gasteiger partial charge in [0.15, 0.2) is 6.10 Å². The molecule has 1 atom stereocenters. The molecular weight excluding hydrogens is 403 g/mol. The quantitative estimate of drug-likeness (QED) is 0.544. The van der Waals surface area contributed by atoms with Crippen molar-refractivity contribution >= 4 is 11.8 Å². The molecule has 2 bridgehead atoms. The molecule has 32 heavy (non-hydrogen) atoms. The van der Waals surface area contributed by atoms with E-state index in [-0.39, 0.29) is 18.0 Å². The zero-order valence-corrected chi connectivity index (χ0v) is 19.0. The number of nitrogens with zero attached hydrogens (tertiary/aromatic N) is 2. The van der Waals surface area contributed by atoms with Gasteiger partial charge in [0.25, 0.3) is 0 Å². The number of fused-ring (bicyclic) bond motifs is 3. The molecule has 6 rings (SSSR count). The summed E-state index contributed by atoms with van der Waals surface area (Å²) in [6.07, 6.45) is 6.13. The van der Waals surface area contributed by atoms with Gasteiger partial charge in [-0.05, 0) is 55.2 Å². The number of quaternary nitrogens is 1. The molecule has 4 nitrogen and oxygen atoms in total. The zero-order valence-electron chi connectivity index (χ0n) is 19.0. The monoisotopic (exact) mass is 437 g/mol. The number of hydrogen-bond donors (Lipinski definition) is 0. The Morgan fingerprint density at radius 1 is 1.09 bits per heavy atom. The van der Waals surface area contributed by atoms with Crippen molar-refractivity contribution in [3.05, 3.63) is 65.5 Å². The lowest BCUT2D eigenvalue weighted by Gasteiger charge is -2.54. The maximum absolute atomic E-state index is 13.5. The van der Waals surface area contributed by atoms with Crippen molar-refractivity contribution in [2.24, 2.45) is 11.8 Å². The van der Waals surface area contributed by atoms with Crippen molar-refractivity contribution in [2.45, 2.75) is 51.7 Å². The number of carbonyl (C=O) groups excluding carboxylic acids is 1. The summed E-state index contributed by atoms with van der Waals surface area (Å²) in [5, 5.41) is 0. The number of piperidine rings is 3. The molecule has 2 aromatic rings. The summed E-state index contributed by atoms with van der Waals surface area (Å²) in [6, 6.07) is 14.3. The van der Waals surface area contributed by atoms with E-state index in [0.717, 1.165) is 46.6 Å². The van der Waals surface area contributed by atoms with E-state index in [1.54, 1.807) is 17.0 Å². The average Bonchev–Trinajstić information content (AvgIpc) is 2.77. The topological polar surface area (TPSA) is 29.5 Å². The summed E-state index contributed by atoms with van der Waals surface area (Å²) in [7, 11) is 0. The van der Waals surface area contributed by atoms with Gasteiger partial charge in [0.05, 0.1) is 26.2 Å². The Kier molecular flexibility index (Phi) is 5.93. The maximum Gasteiger partial charge on any atom is 0.415 e. The predicted octanol–water partition coefficient (Wildman–Crippen LogP) is 5.69. The normalized spacial score (nSPS) is 27.1. The van der Waals surface area contributed by atoms with Crippen LogP contribution in [-0.4, -0.2) is 42.9 Å². The van der Waals surface area contributed by atoms with Crippen molar-refractivity contribution in [2.75, 3.05) is 31.1 Å². The first-order valence-electron chi connectivity index (χ1n) is 12.1. The molecule has 0 spiro atoms.